The Morgan fingerprint density at radius 2 is 1.76 bits per heavy atom. The van der Waals surface area contributed by atoms with Crippen molar-refractivity contribution in [3.63, 3.8) is 0 Å². The number of hydrogen-bond donors (Lipinski definition) is 1. The van der Waals surface area contributed by atoms with Crippen molar-refractivity contribution in [2.24, 2.45) is 0 Å². The van der Waals surface area contributed by atoms with Crippen LogP contribution in [0.25, 0.3) is 0 Å². The van der Waals surface area contributed by atoms with Crippen molar-refractivity contribution in [2.75, 3.05) is 20.2 Å². The minimum Gasteiger partial charge on any atom is -0.497 e. The summed E-state index contributed by atoms with van der Waals surface area (Å²) in [5, 5.41) is 3.33. The van der Waals surface area contributed by atoms with E-state index in [-0.39, 0.29) is 6.10 Å². The Morgan fingerprint density at radius 1 is 1.12 bits per heavy atom. The maximum Gasteiger partial charge on any atom is 0.120 e. The first-order chi connectivity index (χ1) is 8.30. The second kappa shape index (κ2) is 7.96. The summed E-state index contributed by atoms with van der Waals surface area (Å²) in [6, 6.07) is 7.75. The number of methoxy groups -OCH3 is 1. The van der Waals surface area contributed by atoms with Crippen LogP contribution in [0.4, 0.5) is 0 Å². The van der Waals surface area contributed by atoms with Gasteiger partial charge in [0.15, 0.2) is 0 Å². The monoisotopic (exact) mass is 237 g/mol. The number of benzene rings is 1. The molecule has 0 spiro atoms. The summed E-state index contributed by atoms with van der Waals surface area (Å²) in [6.45, 7) is 6.16. The number of likely N-dealkylation sites (N-methyl/N-ethyl adjacent to an activating group) is 1. The smallest absolute Gasteiger partial charge is 0.120 e. The van der Waals surface area contributed by atoms with Crippen molar-refractivity contribution in [1.82, 2.24) is 5.32 Å². The van der Waals surface area contributed by atoms with Gasteiger partial charge in [-0.15, -0.1) is 0 Å². The molecule has 1 N–H and O–H groups in total. The van der Waals surface area contributed by atoms with E-state index in [1.807, 2.05) is 24.3 Å². The molecule has 0 fully saturated rings. The van der Waals surface area contributed by atoms with E-state index in [1.165, 1.54) is 0 Å². The van der Waals surface area contributed by atoms with Crippen molar-refractivity contribution < 1.29 is 9.47 Å². The van der Waals surface area contributed by atoms with Crippen LogP contribution in [-0.4, -0.2) is 26.3 Å². The van der Waals surface area contributed by atoms with Gasteiger partial charge < -0.3 is 14.8 Å². The molecule has 0 aliphatic heterocycles. The lowest BCUT2D eigenvalue weighted by Crippen LogP contribution is -2.31. The minimum absolute atomic E-state index is 0.244. The molecule has 0 heterocycles. The zero-order chi connectivity index (χ0) is 12.5. The summed E-state index contributed by atoms with van der Waals surface area (Å²) >= 11 is 0. The molecule has 0 aliphatic rings. The van der Waals surface area contributed by atoms with E-state index in [2.05, 4.69) is 19.2 Å². The van der Waals surface area contributed by atoms with E-state index >= 15 is 0 Å². The van der Waals surface area contributed by atoms with Crippen molar-refractivity contribution in [3.8, 4) is 11.5 Å². The molecule has 0 bridgehead atoms. The third-order valence-electron chi connectivity index (χ3n) is 2.59. The van der Waals surface area contributed by atoms with Gasteiger partial charge in [-0.2, -0.15) is 0 Å². The van der Waals surface area contributed by atoms with Crippen LogP contribution >= 0.6 is 0 Å². The first kappa shape index (κ1) is 13.8. The van der Waals surface area contributed by atoms with Crippen molar-refractivity contribution in [1.29, 1.82) is 0 Å². The van der Waals surface area contributed by atoms with Crippen LogP contribution in [0.1, 0.15) is 26.7 Å². The quantitative estimate of drug-likeness (QED) is 0.754. The van der Waals surface area contributed by atoms with Crippen LogP contribution in [0, 0.1) is 0 Å². The van der Waals surface area contributed by atoms with Gasteiger partial charge >= 0.3 is 0 Å². The van der Waals surface area contributed by atoms with E-state index in [9.17, 15) is 0 Å². The standard InChI is InChI=1S/C14H23NO2/c1-4-6-14(11-15-5-2)17-13-9-7-12(16-3)8-10-13/h7-10,14-15H,4-6,11H2,1-3H3. The van der Waals surface area contributed by atoms with Crippen LogP contribution in [0.2, 0.25) is 0 Å². The normalized spacial score (nSPS) is 12.2. The number of rotatable bonds is 8. The van der Waals surface area contributed by atoms with Gasteiger partial charge in [-0.1, -0.05) is 20.3 Å². The second-order valence-corrected chi connectivity index (χ2v) is 4.01. The van der Waals surface area contributed by atoms with Crippen molar-refractivity contribution >= 4 is 0 Å². The minimum atomic E-state index is 0.244. The summed E-state index contributed by atoms with van der Waals surface area (Å²) in [6.07, 6.45) is 2.44. The molecule has 0 amide bonds. The number of nitrogens with one attached hydrogen (secondary N) is 1. The molecule has 1 unspecified atom stereocenters. The van der Waals surface area contributed by atoms with Crippen LogP contribution < -0.4 is 14.8 Å². The van der Waals surface area contributed by atoms with Crippen LogP contribution in [0.5, 0.6) is 11.5 Å². The Morgan fingerprint density at radius 3 is 2.29 bits per heavy atom. The number of hydrogen-bond acceptors (Lipinski definition) is 3. The summed E-state index contributed by atoms with van der Waals surface area (Å²) < 4.78 is 11.1. The first-order valence-corrected chi connectivity index (χ1v) is 6.31. The van der Waals surface area contributed by atoms with Gasteiger partial charge in [0.05, 0.1) is 7.11 Å². The molecule has 0 saturated carbocycles. The Labute approximate surface area is 104 Å². The molecule has 0 aliphatic carbocycles. The Hall–Kier alpha value is -1.22. The molecule has 96 valence electrons. The fourth-order valence-corrected chi connectivity index (χ4v) is 1.68. The number of ether oxygens (including phenoxy) is 2. The summed E-state index contributed by atoms with van der Waals surface area (Å²) in [5.41, 5.74) is 0. The van der Waals surface area contributed by atoms with E-state index in [0.29, 0.717) is 0 Å². The molecule has 1 aromatic carbocycles. The van der Waals surface area contributed by atoms with Gasteiger partial charge in [0.1, 0.15) is 17.6 Å². The average molecular weight is 237 g/mol. The van der Waals surface area contributed by atoms with Gasteiger partial charge in [-0.25, -0.2) is 0 Å². The summed E-state index contributed by atoms with van der Waals surface area (Å²) in [7, 11) is 1.67. The molecule has 0 radical (unpaired) electrons. The predicted octanol–water partition coefficient (Wildman–Crippen LogP) is 2.85. The largest absolute Gasteiger partial charge is 0.497 e. The Balaban J connectivity index is 2.51. The lowest BCUT2D eigenvalue weighted by Gasteiger charge is -2.19. The molecule has 0 aromatic heterocycles. The van der Waals surface area contributed by atoms with Crippen LogP contribution in [0.15, 0.2) is 24.3 Å². The van der Waals surface area contributed by atoms with E-state index in [0.717, 1.165) is 37.4 Å². The van der Waals surface area contributed by atoms with Crippen LogP contribution in [-0.2, 0) is 0 Å². The lowest BCUT2D eigenvalue weighted by atomic mass is 10.2. The van der Waals surface area contributed by atoms with Crippen LogP contribution in [0.3, 0.4) is 0 Å². The van der Waals surface area contributed by atoms with Gasteiger partial charge in [0.25, 0.3) is 0 Å². The first-order valence-electron chi connectivity index (χ1n) is 6.31. The Kier molecular flexibility index (Phi) is 6.48. The lowest BCUT2D eigenvalue weighted by molar-refractivity contribution is 0.187. The molecule has 1 atom stereocenters. The fraction of sp³-hybridized carbons (Fsp3) is 0.571. The SMILES string of the molecule is CCCC(CNCC)Oc1ccc(OC)cc1. The summed E-state index contributed by atoms with van der Waals surface area (Å²) in [5.74, 6) is 1.76. The molecular weight excluding hydrogens is 214 g/mol. The highest BCUT2D eigenvalue weighted by atomic mass is 16.5. The zero-order valence-electron chi connectivity index (χ0n) is 11.0. The molecule has 1 rings (SSSR count). The molecule has 17 heavy (non-hydrogen) atoms. The summed E-state index contributed by atoms with van der Waals surface area (Å²) in [4.78, 5) is 0. The molecule has 0 saturated heterocycles. The van der Waals surface area contributed by atoms with Gasteiger partial charge in [0, 0.05) is 6.54 Å². The van der Waals surface area contributed by atoms with Gasteiger partial charge in [0.2, 0.25) is 0 Å². The fourth-order valence-electron chi connectivity index (χ4n) is 1.68. The maximum atomic E-state index is 5.94. The van der Waals surface area contributed by atoms with E-state index in [4.69, 9.17) is 9.47 Å². The highest BCUT2D eigenvalue weighted by Crippen LogP contribution is 2.19. The highest BCUT2D eigenvalue weighted by molar-refractivity contribution is 5.31. The topological polar surface area (TPSA) is 30.5 Å². The maximum absolute atomic E-state index is 5.94. The van der Waals surface area contributed by atoms with Gasteiger partial charge in [-0.3, -0.25) is 0 Å². The third kappa shape index (κ3) is 5.09. The molecular formula is C14H23NO2. The van der Waals surface area contributed by atoms with Crippen molar-refractivity contribution in [2.45, 2.75) is 32.8 Å². The molecule has 3 heteroatoms. The predicted molar refractivity (Wildman–Crippen MR) is 70.9 cm³/mol. The van der Waals surface area contributed by atoms with E-state index in [1.54, 1.807) is 7.11 Å². The second-order valence-electron chi connectivity index (χ2n) is 4.01. The third-order valence-corrected chi connectivity index (χ3v) is 2.59. The van der Waals surface area contributed by atoms with E-state index < -0.39 is 0 Å². The molecule has 3 nitrogen and oxygen atoms in total. The average Bonchev–Trinajstić information content (AvgIpc) is 2.37. The molecule has 1 aromatic rings. The van der Waals surface area contributed by atoms with Crippen molar-refractivity contribution in [3.05, 3.63) is 24.3 Å². The zero-order valence-corrected chi connectivity index (χ0v) is 11.0. The van der Waals surface area contributed by atoms with Gasteiger partial charge in [-0.05, 0) is 37.2 Å². The Bertz CT molecular complexity index is 298. The highest BCUT2D eigenvalue weighted by Gasteiger charge is 2.08.